The van der Waals surface area contributed by atoms with Crippen LogP contribution in [0.1, 0.15) is 112 Å². The van der Waals surface area contributed by atoms with Gasteiger partial charge in [0.2, 0.25) is 5.76 Å². The molecular formula is C53H48BrF12NO2. The van der Waals surface area contributed by atoms with E-state index in [0.717, 1.165) is 16.3 Å². The van der Waals surface area contributed by atoms with Crippen LogP contribution in [-0.4, -0.2) is 25.2 Å². The van der Waals surface area contributed by atoms with Crippen LogP contribution >= 0.6 is 0 Å². The van der Waals surface area contributed by atoms with Crippen LogP contribution in [0.25, 0.3) is 33.0 Å². The van der Waals surface area contributed by atoms with Crippen molar-refractivity contribution in [1.29, 1.82) is 0 Å². The van der Waals surface area contributed by atoms with Gasteiger partial charge >= 0.3 is 24.7 Å². The van der Waals surface area contributed by atoms with Crippen molar-refractivity contribution in [1.82, 2.24) is 4.90 Å². The summed E-state index contributed by atoms with van der Waals surface area (Å²) < 4.78 is 189. The highest BCUT2D eigenvalue weighted by Crippen LogP contribution is 2.56. The molecule has 0 fully saturated rings. The first-order valence-corrected chi connectivity index (χ1v) is 21.5. The zero-order valence-corrected chi connectivity index (χ0v) is 40.7. The van der Waals surface area contributed by atoms with Gasteiger partial charge in [-0.1, -0.05) is 84.0 Å². The van der Waals surface area contributed by atoms with Crippen molar-refractivity contribution in [2.75, 3.05) is 14.2 Å². The SMILES string of the molecule is COC1=C(C(C)(C)C)[C+]=C2C(=C1c1cc(C(F)(F)F)cc(C(F)(F)F)c1)[C@@H](C)N(C(C)c1cccc3ccccc13)Cc1c2cc(C(C)(C)C)c(OC)c1-c1cc(C(F)(F)F)cc(C(F)(F)F)c1.[Br-]. The molecular weight excluding hydrogens is 990 g/mol. The Hall–Kier alpha value is -5.31. The van der Waals surface area contributed by atoms with Gasteiger partial charge in [0.1, 0.15) is 16.9 Å². The Morgan fingerprint density at radius 1 is 0.623 bits per heavy atom. The molecule has 2 atom stereocenters. The summed E-state index contributed by atoms with van der Waals surface area (Å²) in [5.41, 5.74) is -7.54. The maximum Gasteiger partial charge on any atom is 0.416 e. The molecule has 0 N–H and O–H groups in total. The molecule has 5 aromatic carbocycles. The first-order chi connectivity index (χ1) is 31.3. The fraction of sp³-hybridized carbons (Fsp3) is 0.358. The maximum atomic E-state index is 14.7. The van der Waals surface area contributed by atoms with Gasteiger partial charge in [-0.05, 0) is 83.6 Å². The van der Waals surface area contributed by atoms with Gasteiger partial charge in [0.05, 0.1) is 53.7 Å². The van der Waals surface area contributed by atoms with Gasteiger partial charge in [-0.15, -0.1) is 0 Å². The van der Waals surface area contributed by atoms with Crippen LogP contribution in [-0.2, 0) is 41.4 Å². The minimum absolute atomic E-state index is 0. The number of methoxy groups -OCH3 is 2. The molecule has 368 valence electrons. The second-order valence-corrected chi connectivity index (χ2v) is 19.2. The minimum atomic E-state index is -5.24. The van der Waals surface area contributed by atoms with Crippen LogP contribution < -0.4 is 21.7 Å². The van der Waals surface area contributed by atoms with Crippen molar-refractivity contribution in [3.05, 3.63) is 158 Å². The average Bonchev–Trinajstić information content (AvgIpc) is 3.35. The van der Waals surface area contributed by atoms with Crippen LogP contribution in [0.3, 0.4) is 0 Å². The summed E-state index contributed by atoms with van der Waals surface area (Å²) >= 11 is 0. The molecule has 0 radical (unpaired) electrons. The Kier molecular flexibility index (Phi) is 13.9. The van der Waals surface area contributed by atoms with Crippen LogP contribution in [0.2, 0.25) is 0 Å². The molecule has 69 heavy (non-hydrogen) atoms. The Bertz CT molecular complexity index is 2830. The largest absolute Gasteiger partial charge is 1.00 e. The van der Waals surface area contributed by atoms with Crippen molar-refractivity contribution in [3.63, 3.8) is 0 Å². The fourth-order valence-electron chi connectivity index (χ4n) is 9.39. The summed E-state index contributed by atoms with van der Waals surface area (Å²) in [6, 6.07) is 15.5. The Labute approximate surface area is 403 Å². The van der Waals surface area contributed by atoms with E-state index < -0.39 is 81.0 Å². The molecule has 0 saturated carbocycles. The summed E-state index contributed by atoms with van der Waals surface area (Å²) in [5.74, 6) is -0.107. The van der Waals surface area contributed by atoms with Gasteiger partial charge in [-0.25, -0.2) is 0 Å². The van der Waals surface area contributed by atoms with Gasteiger partial charge in [0, 0.05) is 46.3 Å². The molecule has 1 heterocycles. The molecule has 5 aromatic rings. The zero-order valence-electron chi connectivity index (χ0n) is 39.1. The molecule has 1 unspecified atom stereocenters. The predicted octanol–water partition coefficient (Wildman–Crippen LogP) is 13.5. The second kappa shape index (κ2) is 18.1. The number of alkyl halides is 12. The first-order valence-electron chi connectivity index (χ1n) is 21.5. The van der Waals surface area contributed by atoms with E-state index in [1.807, 2.05) is 54.3 Å². The number of hydrogen-bond acceptors (Lipinski definition) is 3. The molecule has 2 aliphatic rings. The standard InChI is InChI=1S/C53H48F12NO2.BrH/c1-27(36-17-13-15-29-14-11-12-16-37(29)36)66-26-40-38(24-41(48(3,4)5)46(67-9)44(40)30-18-32(50(54,55)56)22-33(19-30)51(57,58)59)39-25-42(49(6,7)8)47(68-10)45(43(39)28(66)2)31-20-34(52(60,61)62)23-35(21-31)53(63,64)65;/h11-24,27-28H,26H2,1-10H3;1H/q+1;/p-1/t27?,28-;/m1./s1. The van der Waals surface area contributed by atoms with Gasteiger partial charge in [-0.3, -0.25) is 4.90 Å². The van der Waals surface area contributed by atoms with E-state index in [9.17, 15) is 52.7 Å². The second-order valence-electron chi connectivity index (χ2n) is 19.2. The molecule has 16 heteroatoms. The van der Waals surface area contributed by atoms with Crippen LogP contribution in [0.5, 0.6) is 5.75 Å². The summed E-state index contributed by atoms with van der Waals surface area (Å²) in [5, 5.41) is 1.61. The quantitative estimate of drug-likeness (QED) is 0.125. The third-order valence-corrected chi connectivity index (χ3v) is 12.6. The van der Waals surface area contributed by atoms with Crippen molar-refractivity contribution >= 4 is 21.9 Å². The van der Waals surface area contributed by atoms with Crippen molar-refractivity contribution in [2.24, 2.45) is 5.41 Å². The number of fused-ring (bicyclic) bond motifs is 4. The van der Waals surface area contributed by atoms with Crippen LogP contribution in [0.4, 0.5) is 52.7 Å². The van der Waals surface area contributed by atoms with E-state index in [1.54, 1.807) is 54.5 Å². The number of allylic oxidation sites excluding steroid dienone is 3. The van der Waals surface area contributed by atoms with Crippen LogP contribution in [0.15, 0.2) is 102 Å². The molecule has 1 aliphatic heterocycles. The summed E-state index contributed by atoms with van der Waals surface area (Å²) in [6.45, 7) is 13.8. The fourth-order valence-corrected chi connectivity index (χ4v) is 9.39. The monoisotopic (exact) mass is 1040 g/mol. The number of halogens is 13. The number of nitrogens with zero attached hydrogens (tertiary/aromatic N) is 1. The predicted molar refractivity (Wildman–Crippen MR) is 238 cm³/mol. The van der Waals surface area contributed by atoms with E-state index in [0.29, 0.717) is 29.8 Å². The van der Waals surface area contributed by atoms with E-state index >= 15 is 0 Å². The van der Waals surface area contributed by atoms with Crippen molar-refractivity contribution in [2.45, 2.75) is 104 Å². The Morgan fingerprint density at radius 2 is 1.12 bits per heavy atom. The highest BCUT2D eigenvalue weighted by Gasteiger charge is 2.49. The highest BCUT2D eigenvalue weighted by molar-refractivity contribution is 6.01. The lowest BCUT2D eigenvalue weighted by Crippen LogP contribution is -3.00. The smallest absolute Gasteiger partial charge is 0.416 e. The molecule has 0 saturated heterocycles. The lowest BCUT2D eigenvalue weighted by atomic mass is 9.72. The molecule has 1 aliphatic carbocycles. The Morgan fingerprint density at radius 3 is 1.58 bits per heavy atom. The van der Waals surface area contributed by atoms with Gasteiger partial charge in [0.15, 0.2) is 5.57 Å². The van der Waals surface area contributed by atoms with Crippen molar-refractivity contribution in [3.8, 4) is 16.9 Å². The minimum Gasteiger partial charge on any atom is -1.00 e. The normalized spacial score (nSPS) is 16.8. The summed E-state index contributed by atoms with van der Waals surface area (Å²) in [4.78, 5) is 1.87. The first kappa shape index (κ1) is 53.0. The zero-order chi connectivity index (χ0) is 50.4. The molecule has 0 amide bonds. The average molecular weight is 1040 g/mol. The third-order valence-electron chi connectivity index (χ3n) is 12.6. The molecule has 3 nitrogen and oxygen atoms in total. The number of hydrogen-bond donors (Lipinski definition) is 0. The summed E-state index contributed by atoms with van der Waals surface area (Å²) in [7, 11) is 2.49. The van der Waals surface area contributed by atoms with Gasteiger partial charge in [-0.2, -0.15) is 52.7 Å². The van der Waals surface area contributed by atoms with E-state index in [1.165, 1.54) is 14.2 Å². The Balaban J connectivity index is 0.00000782. The van der Waals surface area contributed by atoms with Crippen LogP contribution in [0, 0.1) is 11.5 Å². The lowest BCUT2D eigenvalue weighted by molar-refractivity contribution is -0.144. The van der Waals surface area contributed by atoms with E-state index in [4.69, 9.17) is 9.47 Å². The number of benzene rings is 5. The highest BCUT2D eigenvalue weighted by atomic mass is 79.9. The third kappa shape index (κ3) is 10.0. The van der Waals surface area contributed by atoms with Gasteiger partial charge in [0.25, 0.3) is 0 Å². The molecule has 0 spiro atoms. The molecule has 7 rings (SSSR count). The molecule has 0 bridgehead atoms. The number of ether oxygens (including phenoxy) is 2. The van der Waals surface area contributed by atoms with E-state index in [-0.39, 0.29) is 86.2 Å². The lowest BCUT2D eigenvalue weighted by Gasteiger charge is -2.35. The summed E-state index contributed by atoms with van der Waals surface area (Å²) in [6.07, 6.45) is -17.5. The number of rotatable bonds is 6. The maximum absolute atomic E-state index is 14.7. The topological polar surface area (TPSA) is 21.7 Å². The molecule has 0 aromatic heterocycles. The van der Waals surface area contributed by atoms with Gasteiger partial charge < -0.3 is 26.5 Å². The van der Waals surface area contributed by atoms with E-state index in [2.05, 4.69) is 6.08 Å². The van der Waals surface area contributed by atoms with Crippen molar-refractivity contribution < 1.29 is 79.1 Å².